The number of furan rings is 1. The quantitative estimate of drug-likeness (QED) is 0.332. The first kappa shape index (κ1) is 18.4. The van der Waals surface area contributed by atoms with Crippen LogP contribution in [0.4, 0.5) is 0 Å². The van der Waals surface area contributed by atoms with E-state index >= 15 is 0 Å². The van der Waals surface area contributed by atoms with Gasteiger partial charge in [0, 0.05) is 34.3 Å². The van der Waals surface area contributed by atoms with Crippen LogP contribution in [-0.2, 0) is 0 Å². The van der Waals surface area contributed by atoms with Gasteiger partial charge >= 0.3 is 0 Å². The molecule has 32 heavy (non-hydrogen) atoms. The Kier molecular flexibility index (Phi) is 4.25. The summed E-state index contributed by atoms with van der Waals surface area (Å²) in [6.07, 6.45) is 3.62. The largest absolute Gasteiger partial charge is 0.455 e. The minimum Gasteiger partial charge on any atom is -0.455 e. The second-order valence-corrected chi connectivity index (χ2v) is 7.60. The Bertz CT molecular complexity index is 1590. The molecule has 0 aliphatic heterocycles. The summed E-state index contributed by atoms with van der Waals surface area (Å²) in [5, 5.41) is 2.13. The molecule has 152 valence electrons. The van der Waals surface area contributed by atoms with Crippen LogP contribution in [-0.4, -0.2) is 19.9 Å². The topological polar surface area (TPSA) is 64.7 Å². The SMILES string of the molecule is Cc1nc(-c2ccccc2-c2cccnc2)nc(-c2cccc3c2oc2ccccc23)n1. The van der Waals surface area contributed by atoms with Gasteiger partial charge in [-0.05, 0) is 30.7 Å². The lowest BCUT2D eigenvalue weighted by Crippen LogP contribution is -2.00. The Labute approximate surface area is 184 Å². The van der Waals surface area contributed by atoms with E-state index in [1.54, 1.807) is 6.20 Å². The summed E-state index contributed by atoms with van der Waals surface area (Å²) in [7, 11) is 0. The first-order chi connectivity index (χ1) is 15.8. The number of hydrogen-bond acceptors (Lipinski definition) is 5. The molecular weight excluding hydrogens is 396 g/mol. The molecule has 5 nitrogen and oxygen atoms in total. The third kappa shape index (κ3) is 3.03. The fourth-order valence-corrected chi connectivity index (χ4v) is 4.10. The van der Waals surface area contributed by atoms with Gasteiger partial charge in [-0.1, -0.05) is 60.7 Å². The second-order valence-electron chi connectivity index (χ2n) is 7.60. The van der Waals surface area contributed by atoms with Crippen LogP contribution in [0.1, 0.15) is 5.82 Å². The fourth-order valence-electron chi connectivity index (χ4n) is 4.10. The van der Waals surface area contributed by atoms with Gasteiger partial charge in [-0.2, -0.15) is 0 Å². The summed E-state index contributed by atoms with van der Waals surface area (Å²) >= 11 is 0. The van der Waals surface area contributed by atoms with E-state index < -0.39 is 0 Å². The Balaban J connectivity index is 1.57. The smallest absolute Gasteiger partial charge is 0.167 e. The molecule has 3 aromatic heterocycles. The summed E-state index contributed by atoms with van der Waals surface area (Å²) in [4.78, 5) is 18.5. The van der Waals surface area contributed by atoms with Crippen LogP contribution in [0.15, 0.2) is 95.7 Å². The van der Waals surface area contributed by atoms with Crippen LogP contribution in [0.2, 0.25) is 0 Å². The zero-order chi connectivity index (χ0) is 21.5. The van der Waals surface area contributed by atoms with Gasteiger partial charge in [-0.15, -0.1) is 0 Å². The summed E-state index contributed by atoms with van der Waals surface area (Å²) in [5.41, 5.74) is 5.46. The highest BCUT2D eigenvalue weighted by atomic mass is 16.3. The average Bonchev–Trinajstić information content (AvgIpc) is 3.23. The summed E-state index contributed by atoms with van der Waals surface area (Å²) < 4.78 is 6.21. The highest BCUT2D eigenvalue weighted by molar-refractivity contribution is 6.09. The molecule has 5 heteroatoms. The van der Waals surface area contributed by atoms with Gasteiger partial charge in [0.05, 0.1) is 5.56 Å². The van der Waals surface area contributed by atoms with E-state index in [4.69, 9.17) is 9.40 Å². The number of benzene rings is 3. The number of fused-ring (bicyclic) bond motifs is 3. The molecule has 0 amide bonds. The van der Waals surface area contributed by atoms with Crippen molar-refractivity contribution in [2.75, 3.05) is 0 Å². The summed E-state index contributed by atoms with van der Waals surface area (Å²) in [5.74, 6) is 1.87. The van der Waals surface area contributed by atoms with Gasteiger partial charge in [-0.25, -0.2) is 15.0 Å². The molecule has 0 saturated heterocycles. The van der Waals surface area contributed by atoms with Crippen molar-refractivity contribution in [2.24, 2.45) is 0 Å². The lowest BCUT2D eigenvalue weighted by atomic mass is 10.0. The lowest BCUT2D eigenvalue weighted by molar-refractivity contribution is 0.669. The van der Waals surface area contributed by atoms with Crippen molar-refractivity contribution >= 4 is 21.9 Å². The third-order valence-corrected chi connectivity index (χ3v) is 5.53. The van der Waals surface area contributed by atoms with Gasteiger partial charge in [-0.3, -0.25) is 4.98 Å². The predicted molar refractivity (Wildman–Crippen MR) is 126 cm³/mol. The zero-order valence-corrected chi connectivity index (χ0v) is 17.4. The van der Waals surface area contributed by atoms with Gasteiger partial charge in [0.25, 0.3) is 0 Å². The van der Waals surface area contributed by atoms with Crippen molar-refractivity contribution in [1.82, 2.24) is 19.9 Å². The molecule has 3 aromatic carbocycles. The van der Waals surface area contributed by atoms with Crippen molar-refractivity contribution in [3.05, 3.63) is 97.1 Å². The van der Waals surface area contributed by atoms with E-state index in [9.17, 15) is 0 Å². The monoisotopic (exact) mass is 414 g/mol. The van der Waals surface area contributed by atoms with E-state index in [0.29, 0.717) is 17.5 Å². The molecule has 3 heterocycles. The minimum atomic E-state index is 0.596. The first-order valence-electron chi connectivity index (χ1n) is 10.4. The number of rotatable bonds is 3. The Hall–Kier alpha value is -4.38. The van der Waals surface area contributed by atoms with Gasteiger partial charge in [0.1, 0.15) is 17.0 Å². The number of aryl methyl sites for hydroxylation is 1. The summed E-state index contributed by atoms with van der Waals surface area (Å²) in [6, 6.07) is 26.2. The van der Waals surface area contributed by atoms with E-state index in [-0.39, 0.29) is 0 Å². The standard InChI is InChI=1S/C27H18N4O/c1-17-29-26(22-11-3-2-9-19(22)18-8-7-15-28-16-18)31-27(30-17)23-13-6-12-21-20-10-4-5-14-24(20)32-25(21)23/h2-16H,1H3. The fraction of sp³-hybridized carbons (Fsp3) is 0.0370. The zero-order valence-electron chi connectivity index (χ0n) is 17.4. The molecule has 0 bridgehead atoms. The van der Waals surface area contributed by atoms with Crippen LogP contribution in [0.3, 0.4) is 0 Å². The van der Waals surface area contributed by atoms with Gasteiger partial charge in [0.15, 0.2) is 11.6 Å². The van der Waals surface area contributed by atoms with Crippen LogP contribution < -0.4 is 0 Å². The van der Waals surface area contributed by atoms with E-state index in [0.717, 1.165) is 44.2 Å². The highest BCUT2D eigenvalue weighted by Crippen LogP contribution is 2.35. The van der Waals surface area contributed by atoms with E-state index in [1.165, 1.54) is 0 Å². The molecule has 0 atom stereocenters. The Morgan fingerprint density at radius 3 is 2.19 bits per heavy atom. The Morgan fingerprint density at radius 2 is 1.34 bits per heavy atom. The predicted octanol–water partition coefficient (Wildman–Crippen LogP) is 6.48. The molecule has 0 saturated carbocycles. The normalized spacial score (nSPS) is 11.3. The molecule has 6 rings (SSSR count). The Morgan fingerprint density at radius 1 is 0.625 bits per heavy atom. The minimum absolute atomic E-state index is 0.596. The van der Waals surface area contributed by atoms with E-state index in [1.807, 2.05) is 73.8 Å². The van der Waals surface area contributed by atoms with Crippen LogP contribution >= 0.6 is 0 Å². The number of para-hydroxylation sites is 2. The number of nitrogens with zero attached hydrogens (tertiary/aromatic N) is 4. The maximum atomic E-state index is 6.21. The van der Waals surface area contributed by atoms with E-state index in [2.05, 4.69) is 33.2 Å². The lowest BCUT2D eigenvalue weighted by Gasteiger charge is -2.10. The molecule has 0 aliphatic rings. The number of hydrogen-bond donors (Lipinski definition) is 0. The molecule has 0 radical (unpaired) electrons. The van der Waals surface area contributed by atoms with Crippen molar-refractivity contribution in [1.29, 1.82) is 0 Å². The van der Waals surface area contributed by atoms with Crippen molar-refractivity contribution in [3.8, 4) is 33.9 Å². The summed E-state index contributed by atoms with van der Waals surface area (Å²) in [6.45, 7) is 1.89. The van der Waals surface area contributed by atoms with Crippen molar-refractivity contribution in [3.63, 3.8) is 0 Å². The van der Waals surface area contributed by atoms with Crippen LogP contribution in [0.5, 0.6) is 0 Å². The van der Waals surface area contributed by atoms with Crippen LogP contribution in [0, 0.1) is 6.92 Å². The third-order valence-electron chi connectivity index (χ3n) is 5.53. The number of aromatic nitrogens is 4. The maximum Gasteiger partial charge on any atom is 0.167 e. The molecule has 0 spiro atoms. The molecule has 6 aromatic rings. The maximum absolute atomic E-state index is 6.21. The average molecular weight is 414 g/mol. The number of pyridine rings is 1. The molecule has 0 aliphatic carbocycles. The van der Waals surface area contributed by atoms with Crippen molar-refractivity contribution in [2.45, 2.75) is 6.92 Å². The highest BCUT2D eigenvalue weighted by Gasteiger charge is 2.17. The molecule has 0 N–H and O–H groups in total. The van der Waals surface area contributed by atoms with Gasteiger partial charge in [0.2, 0.25) is 0 Å². The first-order valence-corrected chi connectivity index (χ1v) is 10.4. The van der Waals surface area contributed by atoms with Crippen LogP contribution in [0.25, 0.3) is 55.8 Å². The van der Waals surface area contributed by atoms with Gasteiger partial charge < -0.3 is 4.42 Å². The van der Waals surface area contributed by atoms with Crippen molar-refractivity contribution < 1.29 is 4.42 Å². The second kappa shape index (κ2) is 7.39. The molecule has 0 unspecified atom stereocenters. The molecule has 0 fully saturated rings. The molecular formula is C27H18N4O.